The number of hydrogen-bond acceptors (Lipinski definition) is 5. The molecule has 21 heavy (non-hydrogen) atoms. The van der Waals surface area contributed by atoms with Crippen LogP contribution in [0.5, 0.6) is 0 Å². The molecule has 1 rings (SSSR count). The van der Waals surface area contributed by atoms with Gasteiger partial charge < -0.3 is 24.8 Å². The molecule has 0 saturated heterocycles. The van der Waals surface area contributed by atoms with Crippen LogP contribution in [-0.4, -0.2) is 32.5 Å². The van der Waals surface area contributed by atoms with E-state index >= 15 is 0 Å². The maximum absolute atomic E-state index is 5.89. The first-order valence-electron chi connectivity index (χ1n) is 7.35. The minimum atomic E-state index is -0.348. The van der Waals surface area contributed by atoms with E-state index < -0.39 is 0 Å². The highest BCUT2D eigenvalue weighted by atomic mass is 16.8. The molecule has 5 nitrogen and oxygen atoms in total. The zero-order chi connectivity index (χ0) is 16.0. The van der Waals surface area contributed by atoms with Gasteiger partial charge in [0.15, 0.2) is 12.6 Å². The zero-order valence-corrected chi connectivity index (χ0v) is 13.9. The van der Waals surface area contributed by atoms with Crippen molar-refractivity contribution >= 4 is 11.4 Å². The van der Waals surface area contributed by atoms with Gasteiger partial charge in [0.05, 0.1) is 0 Å². The van der Waals surface area contributed by atoms with Gasteiger partial charge in [-0.3, -0.25) is 0 Å². The van der Waals surface area contributed by atoms with Crippen molar-refractivity contribution in [2.24, 2.45) is 0 Å². The predicted octanol–water partition coefficient (Wildman–Crippen LogP) is 3.12. The Kier molecular flexibility index (Phi) is 6.95. The predicted molar refractivity (Wildman–Crippen MR) is 86.2 cm³/mol. The first-order chi connectivity index (χ1) is 9.88. The van der Waals surface area contributed by atoms with Crippen molar-refractivity contribution in [1.82, 2.24) is 0 Å². The summed E-state index contributed by atoms with van der Waals surface area (Å²) in [6, 6.07) is 6.00. The van der Waals surface area contributed by atoms with Gasteiger partial charge in [0, 0.05) is 25.0 Å². The Balaban J connectivity index is 2.72. The molecule has 0 aliphatic rings. The smallest absolute Gasteiger partial charge is 0.160 e. The lowest BCUT2D eigenvalue weighted by Gasteiger charge is -2.32. The SMILES string of the molecule is CCN(c1ccc(N)c(C)c1)C(C)OC(C)OC(C)OC. The van der Waals surface area contributed by atoms with Crippen LogP contribution in [0.4, 0.5) is 11.4 Å². The molecule has 0 saturated carbocycles. The number of anilines is 2. The van der Waals surface area contributed by atoms with E-state index in [4.69, 9.17) is 19.9 Å². The Bertz CT molecular complexity index is 440. The molecule has 0 fully saturated rings. The second-order valence-corrected chi connectivity index (χ2v) is 5.07. The Labute approximate surface area is 128 Å². The van der Waals surface area contributed by atoms with Crippen LogP contribution in [0.3, 0.4) is 0 Å². The van der Waals surface area contributed by atoms with Crippen LogP contribution in [-0.2, 0) is 14.2 Å². The quantitative estimate of drug-likeness (QED) is 0.590. The number of benzene rings is 1. The van der Waals surface area contributed by atoms with Crippen LogP contribution < -0.4 is 10.6 Å². The minimum absolute atomic E-state index is 0.114. The van der Waals surface area contributed by atoms with E-state index in [1.807, 2.05) is 39.8 Å². The third-order valence-electron chi connectivity index (χ3n) is 3.47. The largest absolute Gasteiger partial charge is 0.399 e. The summed E-state index contributed by atoms with van der Waals surface area (Å²) in [5, 5.41) is 0. The second kappa shape index (κ2) is 8.22. The number of ether oxygens (including phenoxy) is 3. The summed E-state index contributed by atoms with van der Waals surface area (Å²) in [6.07, 6.45) is -0.753. The number of nitrogen functional groups attached to an aromatic ring is 1. The summed E-state index contributed by atoms with van der Waals surface area (Å²) < 4.78 is 16.5. The molecular weight excluding hydrogens is 268 g/mol. The van der Waals surface area contributed by atoms with Crippen molar-refractivity contribution in [3.63, 3.8) is 0 Å². The highest BCUT2D eigenvalue weighted by Crippen LogP contribution is 2.23. The highest BCUT2D eigenvalue weighted by Gasteiger charge is 2.18. The molecule has 3 unspecified atom stereocenters. The number of aryl methyl sites for hydroxylation is 1. The number of nitrogens with two attached hydrogens (primary N) is 1. The van der Waals surface area contributed by atoms with E-state index in [-0.39, 0.29) is 18.8 Å². The molecule has 0 heterocycles. The Morgan fingerprint density at radius 3 is 2.33 bits per heavy atom. The van der Waals surface area contributed by atoms with Crippen molar-refractivity contribution in [1.29, 1.82) is 0 Å². The lowest BCUT2D eigenvalue weighted by atomic mass is 10.1. The molecule has 0 aliphatic heterocycles. The fourth-order valence-electron chi connectivity index (χ4n) is 2.20. The summed E-state index contributed by atoms with van der Waals surface area (Å²) in [5.41, 5.74) is 8.83. The average molecular weight is 296 g/mol. The van der Waals surface area contributed by atoms with Gasteiger partial charge in [0.1, 0.15) is 6.23 Å². The fraction of sp³-hybridized carbons (Fsp3) is 0.625. The molecule has 1 aromatic rings. The van der Waals surface area contributed by atoms with E-state index in [2.05, 4.69) is 17.9 Å². The Hall–Kier alpha value is -1.30. The maximum Gasteiger partial charge on any atom is 0.160 e. The molecule has 0 bridgehead atoms. The third kappa shape index (κ3) is 5.19. The van der Waals surface area contributed by atoms with E-state index in [9.17, 15) is 0 Å². The molecule has 120 valence electrons. The lowest BCUT2D eigenvalue weighted by molar-refractivity contribution is -0.235. The zero-order valence-electron chi connectivity index (χ0n) is 13.9. The van der Waals surface area contributed by atoms with Gasteiger partial charge in [-0.15, -0.1) is 0 Å². The van der Waals surface area contributed by atoms with Crippen LogP contribution in [0, 0.1) is 6.92 Å². The summed E-state index contributed by atoms with van der Waals surface area (Å²) in [6.45, 7) is 10.6. The molecule has 0 spiro atoms. The second-order valence-electron chi connectivity index (χ2n) is 5.07. The average Bonchev–Trinajstić information content (AvgIpc) is 2.43. The molecular formula is C16H28N2O3. The monoisotopic (exact) mass is 296 g/mol. The van der Waals surface area contributed by atoms with Crippen LogP contribution >= 0.6 is 0 Å². The van der Waals surface area contributed by atoms with Crippen LogP contribution in [0.15, 0.2) is 18.2 Å². The van der Waals surface area contributed by atoms with Crippen molar-refractivity contribution in [2.75, 3.05) is 24.3 Å². The summed E-state index contributed by atoms with van der Waals surface area (Å²) >= 11 is 0. The Morgan fingerprint density at radius 2 is 1.81 bits per heavy atom. The summed E-state index contributed by atoms with van der Waals surface area (Å²) in [5.74, 6) is 0. The molecule has 3 atom stereocenters. The first kappa shape index (κ1) is 17.8. The van der Waals surface area contributed by atoms with Gasteiger partial charge in [-0.05, 0) is 58.4 Å². The first-order valence-corrected chi connectivity index (χ1v) is 7.35. The van der Waals surface area contributed by atoms with Crippen molar-refractivity contribution in [3.8, 4) is 0 Å². The van der Waals surface area contributed by atoms with Crippen LogP contribution in [0.2, 0.25) is 0 Å². The normalized spacial score (nSPS) is 15.5. The summed E-state index contributed by atoms with van der Waals surface area (Å²) in [7, 11) is 1.61. The van der Waals surface area contributed by atoms with Crippen LogP contribution in [0.1, 0.15) is 33.3 Å². The number of hydrogen-bond donors (Lipinski definition) is 1. The fourth-order valence-corrected chi connectivity index (χ4v) is 2.20. The van der Waals surface area contributed by atoms with E-state index in [1.165, 1.54) is 0 Å². The van der Waals surface area contributed by atoms with Crippen molar-refractivity contribution in [3.05, 3.63) is 23.8 Å². The summed E-state index contributed by atoms with van der Waals surface area (Å²) in [4.78, 5) is 2.16. The van der Waals surface area contributed by atoms with Crippen molar-refractivity contribution in [2.45, 2.75) is 53.4 Å². The molecule has 0 amide bonds. The number of methoxy groups -OCH3 is 1. The van der Waals surface area contributed by atoms with Crippen molar-refractivity contribution < 1.29 is 14.2 Å². The molecule has 2 N–H and O–H groups in total. The molecule has 0 aliphatic carbocycles. The number of nitrogens with zero attached hydrogens (tertiary/aromatic N) is 1. The van der Waals surface area contributed by atoms with E-state index in [0.29, 0.717) is 0 Å². The van der Waals surface area contributed by atoms with E-state index in [0.717, 1.165) is 23.5 Å². The number of rotatable bonds is 8. The van der Waals surface area contributed by atoms with Gasteiger partial charge in [0.2, 0.25) is 0 Å². The highest BCUT2D eigenvalue weighted by molar-refractivity contribution is 5.58. The van der Waals surface area contributed by atoms with Gasteiger partial charge in [-0.25, -0.2) is 0 Å². The van der Waals surface area contributed by atoms with Gasteiger partial charge >= 0.3 is 0 Å². The molecule has 5 heteroatoms. The standard InChI is InChI=1S/C16H28N2O3/c1-7-18(15-8-9-16(17)11(2)10-15)12(3)20-14(5)21-13(4)19-6/h8-10,12-14H,7,17H2,1-6H3. The Morgan fingerprint density at radius 1 is 1.14 bits per heavy atom. The van der Waals surface area contributed by atoms with Gasteiger partial charge in [0.25, 0.3) is 0 Å². The topological polar surface area (TPSA) is 57.0 Å². The van der Waals surface area contributed by atoms with Gasteiger partial charge in [-0.2, -0.15) is 0 Å². The maximum atomic E-state index is 5.89. The molecule has 1 aromatic carbocycles. The van der Waals surface area contributed by atoms with Crippen LogP contribution in [0.25, 0.3) is 0 Å². The minimum Gasteiger partial charge on any atom is -0.399 e. The van der Waals surface area contributed by atoms with E-state index in [1.54, 1.807) is 7.11 Å². The molecule has 0 aromatic heterocycles. The molecule has 0 radical (unpaired) electrons. The van der Waals surface area contributed by atoms with Gasteiger partial charge in [-0.1, -0.05) is 0 Å². The third-order valence-corrected chi connectivity index (χ3v) is 3.47. The lowest BCUT2D eigenvalue weighted by Crippen LogP contribution is -2.38.